The zero-order chi connectivity index (χ0) is 23.8. The Morgan fingerprint density at radius 2 is 1.15 bits per heavy atom. The predicted octanol–water partition coefficient (Wildman–Crippen LogP) is 1.11. The first kappa shape index (κ1) is 33.9. The summed E-state index contributed by atoms with van der Waals surface area (Å²) >= 11 is 3.81. The number of benzene rings is 2. The molecule has 0 radical (unpaired) electrons. The number of thiophene rings is 1. The molecule has 0 saturated heterocycles. The van der Waals surface area contributed by atoms with Crippen LogP contribution in [-0.4, -0.2) is 14.5 Å². The zero-order valence-corrected chi connectivity index (χ0v) is 23.5. The average Bonchev–Trinajstić information content (AvgIpc) is 3.19. The first-order valence-corrected chi connectivity index (χ1v) is 11.6. The first-order chi connectivity index (χ1) is 14.3. The molecule has 0 aliphatic rings. The predicted molar refractivity (Wildman–Crippen MR) is 123 cm³/mol. The second kappa shape index (κ2) is 14.9. The number of phenolic OH excluding ortho intramolecular Hbond substituents is 2. The molecular formula is C25H30Cl2F2O2STi-2. The van der Waals surface area contributed by atoms with Gasteiger partial charge in [-0.25, -0.2) is 8.78 Å². The maximum atomic E-state index is 13.2. The van der Waals surface area contributed by atoms with Crippen molar-refractivity contribution >= 4 is 15.7 Å². The summed E-state index contributed by atoms with van der Waals surface area (Å²) in [6, 6.07) is 12.4. The van der Waals surface area contributed by atoms with Gasteiger partial charge in [0, 0.05) is 0 Å². The van der Waals surface area contributed by atoms with Gasteiger partial charge in [0.05, 0.1) is 0 Å². The summed E-state index contributed by atoms with van der Waals surface area (Å²) in [7, 11) is 0. The van der Waals surface area contributed by atoms with Gasteiger partial charge < -0.3 is 35.0 Å². The van der Waals surface area contributed by atoms with E-state index in [1.165, 1.54) is 41.3 Å². The van der Waals surface area contributed by atoms with E-state index in [9.17, 15) is 8.78 Å². The molecule has 2 aromatic carbocycles. The number of hydrogen-bond acceptors (Lipinski definition) is 3. The molecule has 0 bridgehead atoms. The molecule has 2 N–H and O–H groups in total. The fraction of sp³-hybridized carbons (Fsp3) is 0.320. The molecule has 0 amide bonds. The summed E-state index contributed by atoms with van der Waals surface area (Å²) in [4.78, 5) is 1.35. The van der Waals surface area contributed by atoms with E-state index in [0.717, 1.165) is 0 Å². The van der Waals surface area contributed by atoms with Gasteiger partial charge in [0.15, 0.2) is 0 Å². The van der Waals surface area contributed by atoms with Gasteiger partial charge in [-0.15, -0.1) is 0 Å². The molecule has 8 heteroatoms. The van der Waals surface area contributed by atoms with Crippen LogP contribution in [0.5, 0.6) is 11.5 Å². The minimum atomic E-state index is -0.264. The molecule has 0 atom stereocenters. The quantitative estimate of drug-likeness (QED) is 0.446. The molecule has 0 fully saturated rings. The van der Waals surface area contributed by atoms with E-state index in [-0.39, 0.29) is 58.8 Å². The molecule has 0 aliphatic heterocycles. The third-order valence-electron chi connectivity index (χ3n) is 4.20. The zero-order valence-electron chi connectivity index (χ0n) is 19.6. The molecule has 1 aromatic heterocycles. The van der Waals surface area contributed by atoms with Gasteiger partial charge in [0.1, 0.15) is 23.1 Å². The molecule has 0 saturated carbocycles. The van der Waals surface area contributed by atoms with Crippen molar-refractivity contribution in [2.45, 2.75) is 52.4 Å². The van der Waals surface area contributed by atoms with Crippen LogP contribution < -0.4 is 24.8 Å². The summed E-state index contributed by atoms with van der Waals surface area (Å²) in [6.45, 7) is 11.4. The van der Waals surface area contributed by atoms with Crippen molar-refractivity contribution in [1.82, 2.24) is 0 Å². The van der Waals surface area contributed by atoms with Crippen LogP contribution in [0.3, 0.4) is 0 Å². The molecule has 3 aromatic rings. The second-order valence-corrected chi connectivity index (χ2v) is 10.4. The molecule has 2 nitrogen and oxygen atoms in total. The third kappa shape index (κ3) is 12.2. The molecule has 33 heavy (non-hydrogen) atoms. The fourth-order valence-electron chi connectivity index (χ4n) is 2.55. The third-order valence-corrected chi connectivity index (χ3v) is 5.83. The summed E-state index contributed by atoms with van der Waals surface area (Å²) in [5.41, 5.74) is 0.566. The molecule has 182 valence electrons. The first-order valence-electron chi connectivity index (χ1n) is 9.77. The number of phenols is 2. The molecule has 3 rings (SSSR count). The van der Waals surface area contributed by atoms with Crippen LogP contribution in [0, 0.1) is 11.6 Å². The standard InChI is InChI=1S/2C10H13FO.C5H4S.2ClH.Ti/c2*1-10(2,3)8-6-7(12)4-5-9(8)11;1-5-3-2-4-6-5;;;/h2*4-6,12H,1-3H3;1-4H;2*1H;/p-2. The van der Waals surface area contributed by atoms with E-state index >= 15 is 0 Å². The van der Waals surface area contributed by atoms with Crippen molar-refractivity contribution in [2.24, 2.45) is 0 Å². The Labute approximate surface area is 223 Å². The van der Waals surface area contributed by atoms with Crippen LogP contribution in [-0.2, 0) is 30.8 Å². The monoisotopic (exact) mass is 550 g/mol. The van der Waals surface area contributed by atoms with E-state index in [1.54, 1.807) is 11.3 Å². The normalized spacial score (nSPS) is 10.3. The molecule has 1 heterocycles. The van der Waals surface area contributed by atoms with Crippen molar-refractivity contribution in [3.8, 4) is 11.5 Å². The Bertz CT molecular complexity index is 922. The van der Waals surface area contributed by atoms with Crippen molar-refractivity contribution in [3.63, 3.8) is 0 Å². The van der Waals surface area contributed by atoms with Gasteiger partial charge in [-0.1, -0.05) is 41.5 Å². The molecule has 0 unspecified atom stereocenters. The van der Waals surface area contributed by atoms with Crippen molar-refractivity contribution in [3.05, 3.63) is 81.5 Å². The summed E-state index contributed by atoms with van der Waals surface area (Å²) in [5, 5.41) is 20.3. The van der Waals surface area contributed by atoms with Crippen LogP contribution in [0.2, 0.25) is 0 Å². The SMILES string of the molecule is CC(C)(C)c1cc(O)ccc1F.CC(C)(C)c1cc(O)ccc1F.[Cl-].[Cl-].[Ti]=[CH]c1cccs1. The van der Waals surface area contributed by atoms with Crippen LogP contribution >= 0.6 is 11.3 Å². The van der Waals surface area contributed by atoms with E-state index in [2.05, 4.69) is 21.8 Å². The van der Waals surface area contributed by atoms with Gasteiger partial charge in [0.2, 0.25) is 0 Å². The fourth-order valence-corrected chi connectivity index (χ4v) is 3.56. The number of aromatic hydroxyl groups is 2. The molecular weight excluding hydrogens is 521 g/mol. The van der Waals surface area contributed by atoms with E-state index in [1.807, 2.05) is 61.5 Å². The van der Waals surface area contributed by atoms with E-state index in [0.29, 0.717) is 11.1 Å². The summed E-state index contributed by atoms with van der Waals surface area (Å²) in [6.07, 6.45) is 0. The van der Waals surface area contributed by atoms with Crippen LogP contribution in [0.4, 0.5) is 8.78 Å². The van der Waals surface area contributed by atoms with E-state index < -0.39 is 0 Å². The van der Waals surface area contributed by atoms with Crippen LogP contribution in [0.15, 0.2) is 53.9 Å². The Kier molecular flexibility index (Phi) is 15.3. The minimum absolute atomic E-state index is 0. The maximum absolute atomic E-state index is 13.2. The van der Waals surface area contributed by atoms with E-state index in [4.69, 9.17) is 10.2 Å². The summed E-state index contributed by atoms with van der Waals surface area (Å²) < 4.78 is 28.4. The topological polar surface area (TPSA) is 40.5 Å². The van der Waals surface area contributed by atoms with Gasteiger partial charge in [-0.3, -0.25) is 0 Å². The van der Waals surface area contributed by atoms with Crippen LogP contribution in [0.1, 0.15) is 57.5 Å². The Hall–Kier alpha value is -1.24. The second-order valence-electron chi connectivity index (χ2n) is 8.99. The number of hydrogen-bond donors (Lipinski definition) is 2. The Balaban J connectivity index is 0. The van der Waals surface area contributed by atoms with Crippen LogP contribution in [0.25, 0.3) is 0 Å². The number of halogens is 4. The van der Waals surface area contributed by atoms with Crippen molar-refractivity contribution < 1.29 is 63.8 Å². The van der Waals surface area contributed by atoms with Gasteiger partial charge in [0.25, 0.3) is 0 Å². The Morgan fingerprint density at radius 3 is 1.36 bits per heavy atom. The summed E-state index contributed by atoms with van der Waals surface area (Å²) in [5.74, 6) is -0.303. The molecule has 0 spiro atoms. The number of rotatable bonds is 1. The molecule has 0 aliphatic carbocycles. The van der Waals surface area contributed by atoms with Gasteiger partial charge in [-0.05, 0) is 58.4 Å². The van der Waals surface area contributed by atoms with Gasteiger partial charge in [-0.2, -0.15) is 0 Å². The van der Waals surface area contributed by atoms with Crippen molar-refractivity contribution in [2.75, 3.05) is 0 Å². The average molecular weight is 551 g/mol. The van der Waals surface area contributed by atoms with Gasteiger partial charge >= 0.3 is 58.0 Å². The van der Waals surface area contributed by atoms with Crippen molar-refractivity contribution in [1.29, 1.82) is 0 Å². The Morgan fingerprint density at radius 1 is 0.758 bits per heavy atom.